The van der Waals surface area contributed by atoms with Crippen molar-refractivity contribution in [2.24, 2.45) is 23.2 Å². The Morgan fingerprint density at radius 3 is 2.18 bits per heavy atom. The molecule has 2 heterocycles. The number of anilines is 1. The molecule has 1 aromatic rings. The largest absolute Gasteiger partial charge is 0.353 e. The third-order valence-corrected chi connectivity index (χ3v) is 7.61. The number of amides is 1. The average Bonchev–Trinajstić information content (AvgIpc) is 2.66. The van der Waals surface area contributed by atoms with Gasteiger partial charge in [0.1, 0.15) is 12.0 Å². The van der Waals surface area contributed by atoms with Crippen molar-refractivity contribution in [3.8, 4) is 0 Å². The Morgan fingerprint density at radius 2 is 1.68 bits per heavy atom. The Hall–Kier alpha value is -2.18. The monoisotopic (exact) mass is 384 g/mol. The van der Waals surface area contributed by atoms with Gasteiger partial charge in [0.25, 0.3) is 5.69 Å². The van der Waals surface area contributed by atoms with Gasteiger partial charge in [0.2, 0.25) is 5.91 Å². The summed E-state index contributed by atoms with van der Waals surface area (Å²) < 4.78 is 0. The molecule has 1 amide bonds. The third kappa shape index (κ3) is 2.86. The first-order valence-electron chi connectivity index (χ1n) is 10.6. The molecular weight excluding hydrogens is 356 g/mol. The summed E-state index contributed by atoms with van der Waals surface area (Å²) in [5.41, 5.74) is 0.769. The van der Waals surface area contributed by atoms with Crippen LogP contribution < -0.4 is 4.90 Å². The molecule has 6 rings (SSSR count). The van der Waals surface area contributed by atoms with Crippen molar-refractivity contribution in [2.75, 3.05) is 31.1 Å². The molecule has 5 aliphatic rings. The average molecular weight is 384 g/mol. The number of hydrogen-bond donors (Lipinski definition) is 0. The molecule has 150 valence electrons. The number of piperazine rings is 1. The number of rotatable bonds is 3. The van der Waals surface area contributed by atoms with Crippen LogP contribution in [0.4, 0.5) is 11.5 Å². The lowest BCUT2D eigenvalue weighted by molar-refractivity contribution is -0.385. The van der Waals surface area contributed by atoms with Crippen LogP contribution in [-0.4, -0.2) is 46.9 Å². The first-order valence-corrected chi connectivity index (χ1v) is 10.6. The summed E-state index contributed by atoms with van der Waals surface area (Å²) in [4.78, 5) is 32.6. The highest BCUT2D eigenvalue weighted by molar-refractivity contribution is 5.83. The zero-order chi connectivity index (χ0) is 19.5. The van der Waals surface area contributed by atoms with E-state index in [0.29, 0.717) is 5.91 Å². The lowest BCUT2D eigenvalue weighted by atomic mass is 9.49. The molecule has 28 heavy (non-hydrogen) atoms. The van der Waals surface area contributed by atoms with E-state index in [-0.39, 0.29) is 11.1 Å². The molecule has 4 saturated carbocycles. The Bertz CT molecular complexity index is 781. The summed E-state index contributed by atoms with van der Waals surface area (Å²) in [5, 5.41) is 10.9. The van der Waals surface area contributed by atoms with Gasteiger partial charge in [0.05, 0.1) is 10.3 Å². The van der Waals surface area contributed by atoms with Gasteiger partial charge >= 0.3 is 0 Å². The van der Waals surface area contributed by atoms with Gasteiger partial charge < -0.3 is 9.80 Å². The van der Waals surface area contributed by atoms with Crippen molar-refractivity contribution in [3.63, 3.8) is 0 Å². The van der Waals surface area contributed by atoms with E-state index in [1.807, 2.05) is 6.92 Å². The van der Waals surface area contributed by atoms with Crippen molar-refractivity contribution in [2.45, 2.75) is 45.4 Å². The van der Waals surface area contributed by atoms with Crippen molar-refractivity contribution < 1.29 is 9.72 Å². The van der Waals surface area contributed by atoms with Gasteiger partial charge in [0.15, 0.2) is 0 Å². The molecule has 1 aliphatic heterocycles. The zero-order valence-electron chi connectivity index (χ0n) is 16.5. The van der Waals surface area contributed by atoms with E-state index in [1.54, 1.807) is 6.07 Å². The molecular formula is C21H28N4O3. The number of hydrogen-bond acceptors (Lipinski definition) is 5. The maximum Gasteiger partial charge on any atom is 0.287 e. The molecule has 0 N–H and O–H groups in total. The van der Waals surface area contributed by atoms with Crippen LogP contribution in [-0.2, 0) is 4.79 Å². The van der Waals surface area contributed by atoms with Gasteiger partial charge in [0, 0.05) is 32.2 Å². The number of nitrogens with zero attached hydrogens (tertiary/aromatic N) is 4. The fourth-order valence-electron chi connectivity index (χ4n) is 6.81. The molecule has 5 fully saturated rings. The summed E-state index contributed by atoms with van der Waals surface area (Å²) in [6.07, 6.45) is 8.72. The molecule has 0 atom stereocenters. The van der Waals surface area contributed by atoms with Crippen LogP contribution >= 0.6 is 0 Å². The van der Waals surface area contributed by atoms with Crippen molar-refractivity contribution in [1.82, 2.24) is 9.88 Å². The van der Waals surface area contributed by atoms with Gasteiger partial charge in [-0.3, -0.25) is 14.9 Å². The van der Waals surface area contributed by atoms with Crippen LogP contribution in [0.2, 0.25) is 0 Å². The van der Waals surface area contributed by atoms with Gasteiger partial charge in [-0.05, 0) is 68.8 Å². The van der Waals surface area contributed by atoms with Crippen LogP contribution in [0.1, 0.15) is 44.1 Å². The summed E-state index contributed by atoms with van der Waals surface area (Å²) in [6.45, 7) is 4.78. The van der Waals surface area contributed by atoms with E-state index >= 15 is 0 Å². The highest BCUT2D eigenvalue weighted by Gasteiger charge is 2.55. The zero-order valence-corrected chi connectivity index (χ0v) is 16.5. The van der Waals surface area contributed by atoms with Gasteiger partial charge in [-0.1, -0.05) is 0 Å². The molecule has 0 spiro atoms. The molecule has 1 aromatic heterocycles. The lowest BCUT2D eigenvalue weighted by Gasteiger charge is -2.57. The first kappa shape index (κ1) is 17.9. The van der Waals surface area contributed by atoms with E-state index in [4.69, 9.17) is 0 Å². The Kier molecular flexibility index (Phi) is 4.10. The summed E-state index contributed by atoms with van der Waals surface area (Å²) in [7, 11) is 0. The minimum atomic E-state index is -0.411. The van der Waals surface area contributed by atoms with Gasteiger partial charge in [-0.2, -0.15) is 0 Å². The van der Waals surface area contributed by atoms with Crippen LogP contribution in [0.15, 0.2) is 12.3 Å². The number of aromatic nitrogens is 1. The SMILES string of the molecule is Cc1cc([N+](=O)[O-])cnc1N1CCN(C(=O)C23CC4CC(CC(C4)C2)C3)CC1. The Morgan fingerprint density at radius 1 is 1.11 bits per heavy atom. The molecule has 0 aromatic carbocycles. The van der Waals surface area contributed by atoms with Crippen molar-refractivity contribution in [1.29, 1.82) is 0 Å². The van der Waals surface area contributed by atoms with Crippen LogP contribution in [0, 0.1) is 40.2 Å². The number of carbonyl (C=O) groups excluding carboxylic acids is 1. The number of aryl methyl sites for hydroxylation is 1. The molecule has 4 aliphatic carbocycles. The third-order valence-electron chi connectivity index (χ3n) is 7.61. The van der Waals surface area contributed by atoms with E-state index in [1.165, 1.54) is 25.5 Å². The maximum atomic E-state index is 13.5. The lowest BCUT2D eigenvalue weighted by Crippen LogP contribution is -2.58. The quantitative estimate of drug-likeness (QED) is 0.591. The molecule has 0 radical (unpaired) electrons. The molecule has 4 bridgehead atoms. The van der Waals surface area contributed by atoms with Crippen molar-refractivity contribution >= 4 is 17.4 Å². The summed E-state index contributed by atoms with van der Waals surface area (Å²) >= 11 is 0. The summed E-state index contributed by atoms with van der Waals surface area (Å²) in [6, 6.07) is 1.58. The van der Waals surface area contributed by atoms with E-state index in [2.05, 4.69) is 14.8 Å². The van der Waals surface area contributed by atoms with Crippen LogP contribution in [0.3, 0.4) is 0 Å². The smallest absolute Gasteiger partial charge is 0.287 e. The van der Waals surface area contributed by atoms with E-state index < -0.39 is 4.92 Å². The highest BCUT2D eigenvalue weighted by Crippen LogP contribution is 2.60. The van der Waals surface area contributed by atoms with Gasteiger partial charge in [-0.15, -0.1) is 0 Å². The number of carbonyl (C=O) groups is 1. The predicted molar refractivity (Wildman–Crippen MR) is 105 cm³/mol. The topological polar surface area (TPSA) is 79.6 Å². The predicted octanol–water partition coefficient (Wildman–Crippen LogP) is 3.16. The van der Waals surface area contributed by atoms with Crippen LogP contribution in [0.25, 0.3) is 0 Å². The normalized spacial score (nSPS) is 34.0. The molecule has 1 saturated heterocycles. The number of pyridine rings is 1. The van der Waals surface area contributed by atoms with E-state index in [9.17, 15) is 14.9 Å². The van der Waals surface area contributed by atoms with Crippen LogP contribution in [0.5, 0.6) is 0 Å². The second-order valence-electron chi connectivity index (χ2n) is 9.57. The molecule has 7 heteroatoms. The fourth-order valence-corrected chi connectivity index (χ4v) is 6.81. The first-order chi connectivity index (χ1) is 13.4. The Balaban J connectivity index is 1.26. The Labute approximate surface area is 165 Å². The second kappa shape index (κ2) is 6.42. The summed E-state index contributed by atoms with van der Waals surface area (Å²) in [5.74, 6) is 3.54. The molecule has 0 unspecified atom stereocenters. The van der Waals surface area contributed by atoms with Crippen molar-refractivity contribution in [3.05, 3.63) is 27.9 Å². The maximum absolute atomic E-state index is 13.5. The second-order valence-corrected chi connectivity index (χ2v) is 9.57. The minimum Gasteiger partial charge on any atom is -0.353 e. The van der Waals surface area contributed by atoms with Gasteiger partial charge in [-0.25, -0.2) is 4.98 Å². The standard InChI is InChI=1S/C21H28N4O3/c1-14-6-18(25(27)28)13-22-19(14)23-2-4-24(5-3-23)20(26)21-10-15-7-16(11-21)9-17(8-15)12-21/h6,13,15-17H,2-5,7-12H2,1H3. The van der Waals surface area contributed by atoms with E-state index in [0.717, 1.165) is 74.6 Å². The number of nitro groups is 1. The minimum absolute atomic E-state index is 0.0249. The fraction of sp³-hybridized carbons (Fsp3) is 0.714. The highest BCUT2D eigenvalue weighted by atomic mass is 16.6. The molecule has 7 nitrogen and oxygen atoms in total.